The van der Waals surface area contributed by atoms with E-state index in [0.29, 0.717) is 0 Å². The summed E-state index contributed by atoms with van der Waals surface area (Å²) >= 11 is 0. The fourth-order valence-electron chi connectivity index (χ4n) is 2.35. The number of hydrogen-bond acceptors (Lipinski definition) is 1. The molecule has 0 fully saturated rings. The van der Waals surface area contributed by atoms with Crippen LogP contribution in [0.5, 0.6) is 0 Å². The second-order valence-electron chi connectivity index (χ2n) is 5.22. The third-order valence-electron chi connectivity index (χ3n) is 3.54. The molecule has 1 amide bonds. The number of carbonyl (C=O) groups is 1. The number of nitrogens with zero attached hydrogens (tertiary/aromatic N) is 1. The van der Waals surface area contributed by atoms with Crippen LogP contribution in [0.25, 0.3) is 0 Å². The predicted molar refractivity (Wildman–Crippen MR) is 77.2 cm³/mol. The van der Waals surface area contributed by atoms with Crippen molar-refractivity contribution < 1.29 is 9.37 Å². The van der Waals surface area contributed by atoms with Gasteiger partial charge in [-0.2, -0.15) is 4.58 Å². The fourth-order valence-corrected chi connectivity index (χ4v) is 2.35. The van der Waals surface area contributed by atoms with E-state index in [1.54, 1.807) is 6.08 Å². The maximum atomic E-state index is 11.3. The molecule has 0 radical (unpaired) electrons. The average molecular weight is 250 g/mol. The first kappa shape index (κ1) is 15.1. The summed E-state index contributed by atoms with van der Waals surface area (Å²) in [5.41, 5.74) is 0. The number of amides is 1. The van der Waals surface area contributed by atoms with Crippen LogP contribution in [0.2, 0.25) is 0 Å². The van der Waals surface area contributed by atoms with E-state index in [1.807, 2.05) is 16.9 Å². The second kappa shape index (κ2) is 10.0. The first-order chi connectivity index (χ1) is 8.84. The zero-order valence-corrected chi connectivity index (χ0v) is 11.9. The van der Waals surface area contributed by atoms with Crippen LogP contribution in [0.3, 0.4) is 0 Å². The van der Waals surface area contributed by atoms with Crippen LogP contribution in [-0.2, 0) is 4.79 Å². The van der Waals surface area contributed by atoms with Crippen molar-refractivity contribution >= 4 is 12.1 Å². The number of rotatable bonds is 11. The molecule has 0 saturated carbocycles. The van der Waals surface area contributed by atoms with Gasteiger partial charge < -0.3 is 0 Å². The Hall–Kier alpha value is -0.920. The van der Waals surface area contributed by atoms with E-state index in [0.717, 1.165) is 13.0 Å². The second-order valence-corrected chi connectivity index (χ2v) is 5.22. The van der Waals surface area contributed by atoms with Gasteiger partial charge in [0.2, 0.25) is 0 Å². The zero-order chi connectivity index (χ0) is 13.1. The van der Waals surface area contributed by atoms with E-state index < -0.39 is 0 Å². The van der Waals surface area contributed by atoms with E-state index in [1.165, 1.54) is 57.8 Å². The van der Waals surface area contributed by atoms with E-state index in [2.05, 4.69) is 6.92 Å². The van der Waals surface area contributed by atoms with Crippen LogP contribution in [0, 0.1) is 0 Å². The van der Waals surface area contributed by atoms with Crippen LogP contribution < -0.4 is 0 Å². The first-order valence-corrected chi connectivity index (χ1v) is 7.66. The summed E-state index contributed by atoms with van der Waals surface area (Å²) in [6.07, 6.45) is 18.8. The van der Waals surface area contributed by atoms with Crippen molar-refractivity contribution in [1.29, 1.82) is 0 Å². The van der Waals surface area contributed by atoms with Crippen LogP contribution >= 0.6 is 0 Å². The highest BCUT2D eigenvalue weighted by atomic mass is 16.2. The summed E-state index contributed by atoms with van der Waals surface area (Å²) in [6, 6.07) is 0. The van der Waals surface area contributed by atoms with E-state index >= 15 is 0 Å². The summed E-state index contributed by atoms with van der Waals surface area (Å²) < 4.78 is 1.81. The van der Waals surface area contributed by atoms with Gasteiger partial charge >= 0.3 is 5.91 Å². The largest absolute Gasteiger partial charge is 0.412 e. The third-order valence-corrected chi connectivity index (χ3v) is 3.54. The van der Waals surface area contributed by atoms with Crippen molar-refractivity contribution in [3.05, 3.63) is 12.2 Å². The van der Waals surface area contributed by atoms with Gasteiger partial charge in [-0.15, -0.1) is 0 Å². The number of carbonyl (C=O) groups excluding carboxylic acids is 1. The Morgan fingerprint density at radius 2 is 1.44 bits per heavy atom. The van der Waals surface area contributed by atoms with Crippen molar-refractivity contribution in [1.82, 2.24) is 0 Å². The van der Waals surface area contributed by atoms with Gasteiger partial charge in [0.05, 0.1) is 6.08 Å². The van der Waals surface area contributed by atoms with E-state index in [4.69, 9.17) is 0 Å². The normalized spacial score (nSPS) is 14.3. The van der Waals surface area contributed by atoms with E-state index in [-0.39, 0.29) is 5.91 Å². The monoisotopic (exact) mass is 250 g/mol. The molecule has 0 aromatic rings. The van der Waals surface area contributed by atoms with Gasteiger partial charge in [0.15, 0.2) is 12.8 Å². The van der Waals surface area contributed by atoms with Gasteiger partial charge in [-0.05, 0) is 6.42 Å². The summed E-state index contributed by atoms with van der Waals surface area (Å²) in [5.74, 6) is 0.144. The third kappa shape index (κ3) is 6.73. The zero-order valence-electron chi connectivity index (χ0n) is 11.9. The molecule has 18 heavy (non-hydrogen) atoms. The quantitative estimate of drug-likeness (QED) is 0.399. The minimum atomic E-state index is 0.144. The minimum Gasteiger partial charge on any atom is -0.215 e. The molecule has 0 aromatic carbocycles. The molecule has 0 spiro atoms. The smallest absolute Gasteiger partial charge is 0.215 e. The van der Waals surface area contributed by atoms with Crippen molar-refractivity contribution in [2.75, 3.05) is 6.54 Å². The van der Waals surface area contributed by atoms with Crippen molar-refractivity contribution in [3.63, 3.8) is 0 Å². The summed E-state index contributed by atoms with van der Waals surface area (Å²) in [4.78, 5) is 11.3. The highest BCUT2D eigenvalue weighted by Gasteiger charge is 2.16. The molecular formula is C16H28NO+. The molecule has 0 atom stereocenters. The maximum absolute atomic E-state index is 11.3. The molecule has 0 saturated heterocycles. The lowest BCUT2D eigenvalue weighted by Gasteiger charge is -2.01. The lowest BCUT2D eigenvalue weighted by molar-refractivity contribution is -0.437. The highest BCUT2D eigenvalue weighted by Crippen LogP contribution is 2.10. The molecule has 0 N–H and O–H groups in total. The summed E-state index contributed by atoms with van der Waals surface area (Å²) in [6.45, 7) is 3.15. The van der Waals surface area contributed by atoms with Crippen molar-refractivity contribution in [3.8, 4) is 0 Å². The average Bonchev–Trinajstić information content (AvgIpc) is 2.77. The standard InChI is InChI=1S/C16H28NO/c1-2-3-4-5-6-7-8-9-10-11-14-17-15-12-13-16(17)18/h12-13,15H,2-11,14H2,1H3/q+1. The van der Waals surface area contributed by atoms with Gasteiger partial charge in [0.25, 0.3) is 0 Å². The molecule has 1 rings (SSSR count). The maximum Gasteiger partial charge on any atom is 0.412 e. The van der Waals surface area contributed by atoms with Gasteiger partial charge in [-0.25, -0.2) is 4.79 Å². The van der Waals surface area contributed by atoms with Crippen molar-refractivity contribution in [2.24, 2.45) is 0 Å². The van der Waals surface area contributed by atoms with Gasteiger partial charge in [-0.3, -0.25) is 0 Å². The topological polar surface area (TPSA) is 20.1 Å². The van der Waals surface area contributed by atoms with Crippen LogP contribution in [-0.4, -0.2) is 23.2 Å². The Labute approximate surface area is 112 Å². The van der Waals surface area contributed by atoms with Gasteiger partial charge in [0, 0.05) is 12.5 Å². The number of unbranched alkanes of at least 4 members (excludes halogenated alkanes) is 9. The molecule has 1 aliphatic rings. The van der Waals surface area contributed by atoms with E-state index in [9.17, 15) is 4.79 Å². The molecule has 0 aromatic heterocycles. The fraction of sp³-hybridized carbons (Fsp3) is 0.750. The Morgan fingerprint density at radius 3 is 1.94 bits per heavy atom. The molecule has 1 heterocycles. The van der Waals surface area contributed by atoms with Crippen LogP contribution in [0.1, 0.15) is 71.1 Å². The Balaban J connectivity index is 1.80. The van der Waals surface area contributed by atoms with Crippen LogP contribution in [0.4, 0.5) is 0 Å². The highest BCUT2D eigenvalue weighted by molar-refractivity contribution is 5.93. The number of allylic oxidation sites excluding steroid dienone is 1. The molecule has 2 nitrogen and oxygen atoms in total. The van der Waals surface area contributed by atoms with Crippen molar-refractivity contribution in [2.45, 2.75) is 71.1 Å². The molecule has 2 heteroatoms. The molecule has 0 unspecified atom stereocenters. The molecular weight excluding hydrogens is 222 g/mol. The Kier molecular flexibility index (Phi) is 8.45. The Morgan fingerprint density at radius 1 is 0.889 bits per heavy atom. The minimum absolute atomic E-state index is 0.144. The van der Waals surface area contributed by atoms with Gasteiger partial charge in [-0.1, -0.05) is 58.3 Å². The summed E-state index contributed by atoms with van der Waals surface area (Å²) in [7, 11) is 0. The predicted octanol–water partition coefficient (Wildman–Crippen LogP) is 4.09. The van der Waals surface area contributed by atoms with Gasteiger partial charge in [0.1, 0.15) is 0 Å². The molecule has 0 bridgehead atoms. The SMILES string of the molecule is CCCCCCCCCCCC[N+]1=CC=CC1=O. The first-order valence-electron chi connectivity index (χ1n) is 7.66. The number of hydrogen-bond donors (Lipinski definition) is 0. The lowest BCUT2D eigenvalue weighted by Crippen LogP contribution is -2.16. The Bertz CT molecular complexity index is 291. The van der Waals surface area contributed by atoms with Crippen LogP contribution in [0.15, 0.2) is 12.2 Å². The molecule has 102 valence electrons. The molecule has 1 aliphatic heterocycles. The lowest BCUT2D eigenvalue weighted by atomic mass is 10.1. The summed E-state index contributed by atoms with van der Waals surface area (Å²) in [5, 5.41) is 0. The molecule has 0 aliphatic carbocycles.